The molecule has 0 amide bonds. The molecule has 0 unspecified atom stereocenters. The number of aromatic amines is 1. The number of rotatable bonds is 2. The van der Waals surface area contributed by atoms with Gasteiger partial charge in [0, 0.05) is 29.1 Å². The van der Waals surface area contributed by atoms with E-state index in [9.17, 15) is 5.11 Å². The van der Waals surface area contributed by atoms with Crippen molar-refractivity contribution < 1.29 is 5.11 Å². The average Bonchev–Trinajstić information content (AvgIpc) is 3.13. The van der Waals surface area contributed by atoms with Crippen LogP contribution in [0.4, 0.5) is 5.82 Å². The zero-order valence-electron chi connectivity index (χ0n) is 12.0. The summed E-state index contributed by atoms with van der Waals surface area (Å²) in [5.41, 5.74) is 3.31. The van der Waals surface area contributed by atoms with Gasteiger partial charge in [-0.25, -0.2) is 9.98 Å². The first-order chi connectivity index (χ1) is 10.8. The predicted octanol–water partition coefficient (Wildman–Crippen LogP) is 3.86. The van der Waals surface area contributed by atoms with Gasteiger partial charge in [0.15, 0.2) is 5.82 Å². The van der Waals surface area contributed by atoms with Gasteiger partial charge in [0.25, 0.3) is 0 Å². The monoisotopic (exact) mass is 324 g/mol. The first kappa shape index (κ1) is 15.0. The third kappa shape index (κ3) is 2.74. The van der Waals surface area contributed by atoms with E-state index in [-0.39, 0.29) is 18.3 Å². The summed E-state index contributed by atoms with van der Waals surface area (Å²) < 4.78 is 0. The lowest BCUT2D eigenvalue weighted by atomic mass is 10.1. The lowest BCUT2D eigenvalue weighted by Crippen LogP contribution is -1.83. The Morgan fingerprint density at radius 3 is 2.70 bits per heavy atom. The van der Waals surface area contributed by atoms with E-state index < -0.39 is 0 Å². The third-order valence-electron chi connectivity index (χ3n) is 3.48. The number of nitrogens with zero attached hydrogens (tertiary/aromatic N) is 3. The molecule has 0 saturated carbocycles. The second-order valence-corrected chi connectivity index (χ2v) is 4.92. The third-order valence-corrected chi connectivity index (χ3v) is 3.48. The van der Waals surface area contributed by atoms with Crippen LogP contribution in [0, 0.1) is 0 Å². The molecule has 23 heavy (non-hydrogen) atoms. The number of benzene rings is 1. The summed E-state index contributed by atoms with van der Waals surface area (Å²) in [4.78, 5) is 15.8. The van der Waals surface area contributed by atoms with Gasteiger partial charge in [0.05, 0.1) is 0 Å². The molecule has 0 bridgehead atoms. The number of fused-ring (bicyclic) bond motifs is 1. The van der Waals surface area contributed by atoms with Gasteiger partial charge < -0.3 is 10.1 Å². The van der Waals surface area contributed by atoms with E-state index in [1.54, 1.807) is 12.4 Å². The van der Waals surface area contributed by atoms with Gasteiger partial charge in [-0.15, -0.1) is 12.4 Å². The van der Waals surface area contributed by atoms with Crippen molar-refractivity contribution in [2.75, 3.05) is 0 Å². The Bertz CT molecular complexity index is 900. The van der Waals surface area contributed by atoms with Gasteiger partial charge >= 0.3 is 0 Å². The fraction of sp³-hybridized carbons (Fsp3) is 0. The van der Waals surface area contributed by atoms with Crippen LogP contribution < -0.4 is 0 Å². The molecular weight excluding hydrogens is 312 g/mol. The summed E-state index contributed by atoms with van der Waals surface area (Å²) in [6, 6.07) is 13.5. The molecule has 0 radical (unpaired) electrons. The first-order valence-corrected chi connectivity index (χ1v) is 6.87. The number of allylic oxidation sites excluding steroid dienone is 1. The molecule has 1 aliphatic heterocycles. The number of nitrogens with one attached hydrogen (secondary N) is 1. The number of H-pyrrole nitrogens is 1. The Kier molecular flexibility index (Phi) is 3.95. The fourth-order valence-electron chi connectivity index (χ4n) is 2.41. The van der Waals surface area contributed by atoms with Crippen LogP contribution in [0.25, 0.3) is 23.0 Å². The zero-order chi connectivity index (χ0) is 14.9. The number of imidazole rings is 1. The molecule has 3 aromatic rings. The van der Waals surface area contributed by atoms with Gasteiger partial charge in [0.1, 0.15) is 11.5 Å². The van der Waals surface area contributed by atoms with E-state index in [0.29, 0.717) is 17.3 Å². The molecule has 114 valence electrons. The number of hydrogen-bond acceptors (Lipinski definition) is 4. The van der Waals surface area contributed by atoms with Gasteiger partial charge in [-0.1, -0.05) is 30.3 Å². The van der Waals surface area contributed by atoms with E-state index in [0.717, 1.165) is 16.7 Å². The molecule has 0 atom stereocenters. The Labute approximate surface area is 138 Å². The minimum Gasteiger partial charge on any atom is -0.492 e. The molecule has 5 nitrogen and oxygen atoms in total. The highest BCUT2D eigenvalue weighted by molar-refractivity contribution is 6.20. The molecular formula is C17H13ClN4O. The van der Waals surface area contributed by atoms with Crippen molar-refractivity contribution >= 4 is 36.1 Å². The molecule has 1 aliphatic rings. The van der Waals surface area contributed by atoms with E-state index in [4.69, 9.17) is 0 Å². The first-order valence-electron chi connectivity index (χ1n) is 6.87. The molecule has 2 N–H and O–H groups in total. The minimum absolute atomic E-state index is 0. The Morgan fingerprint density at radius 1 is 1.04 bits per heavy atom. The highest BCUT2D eigenvalue weighted by Crippen LogP contribution is 2.32. The summed E-state index contributed by atoms with van der Waals surface area (Å²) in [6.45, 7) is 0. The highest BCUT2D eigenvalue weighted by Gasteiger charge is 2.15. The normalized spacial score (nSPS) is 13.8. The Balaban J connectivity index is 0.00000156. The molecule has 3 heterocycles. The van der Waals surface area contributed by atoms with E-state index >= 15 is 0 Å². The number of hydrogen-bond donors (Lipinski definition) is 2. The summed E-state index contributed by atoms with van der Waals surface area (Å²) in [5, 5.41) is 10.1. The SMILES string of the molecule is Cl.Oc1nc(-c2ccccc2)[nH]c1/C=C1\C=Nc2ncccc21. The van der Waals surface area contributed by atoms with Crippen LogP contribution >= 0.6 is 12.4 Å². The maximum atomic E-state index is 10.1. The molecule has 0 saturated heterocycles. The smallest absolute Gasteiger partial charge is 0.237 e. The number of aromatic nitrogens is 3. The van der Waals surface area contributed by atoms with Crippen molar-refractivity contribution in [2.45, 2.75) is 0 Å². The Morgan fingerprint density at radius 2 is 1.87 bits per heavy atom. The molecule has 6 heteroatoms. The molecule has 2 aromatic heterocycles. The van der Waals surface area contributed by atoms with Crippen molar-refractivity contribution in [1.82, 2.24) is 15.0 Å². The predicted molar refractivity (Wildman–Crippen MR) is 93.2 cm³/mol. The van der Waals surface area contributed by atoms with Crippen LogP contribution in [0.5, 0.6) is 5.88 Å². The topological polar surface area (TPSA) is 74.2 Å². The maximum absolute atomic E-state index is 10.1. The molecule has 0 aliphatic carbocycles. The maximum Gasteiger partial charge on any atom is 0.237 e. The molecule has 1 aromatic carbocycles. The van der Waals surface area contributed by atoms with E-state index in [1.165, 1.54) is 0 Å². The van der Waals surface area contributed by atoms with Crippen molar-refractivity contribution in [2.24, 2.45) is 4.99 Å². The molecule has 0 fully saturated rings. The highest BCUT2D eigenvalue weighted by atomic mass is 35.5. The van der Waals surface area contributed by atoms with Crippen molar-refractivity contribution in [3.05, 3.63) is 59.9 Å². The van der Waals surface area contributed by atoms with Crippen LogP contribution in [-0.2, 0) is 0 Å². The number of aromatic hydroxyl groups is 1. The van der Waals surface area contributed by atoms with Crippen molar-refractivity contribution in [1.29, 1.82) is 0 Å². The van der Waals surface area contributed by atoms with E-state index in [2.05, 4.69) is 19.9 Å². The molecule has 4 rings (SSSR count). The van der Waals surface area contributed by atoms with Gasteiger partial charge in [-0.05, 0) is 18.2 Å². The van der Waals surface area contributed by atoms with Crippen molar-refractivity contribution in [3.8, 4) is 17.3 Å². The standard InChI is InChI=1S/C17H12N4O.ClH/c22-17-14(20-15(21-17)11-5-2-1-3-6-11)9-12-10-19-16-13(12)7-4-8-18-16;/h1-10,22H,(H,20,21);1H/b12-9+;. The summed E-state index contributed by atoms with van der Waals surface area (Å²) in [6.07, 6.45) is 5.27. The van der Waals surface area contributed by atoms with E-state index in [1.807, 2.05) is 48.5 Å². The lowest BCUT2D eigenvalue weighted by Gasteiger charge is -1.97. The number of aliphatic imine (C=N–C) groups is 1. The van der Waals surface area contributed by atoms with Crippen LogP contribution in [-0.4, -0.2) is 26.3 Å². The summed E-state index contributed by atoms with van der Waals surface area (Å²) in [7, 11) is 0. The zero-order valence-corrected chi connectivity index (χ0v) is 12.8. The summed E-state index contributed by atoms with van der Waals surface area (Å²) in [5.74, 6) is 1.29. The van der Waals surface area contributed by atoms with Crippen molar-refractivity contribution in [3.63, 3.8) is 0 Å². The van der Waals surface area contributed by atoms with Crippen LogP contribution in [0.1, 0.15) is 11.3 Å². The number of pyridine rings is 1. The van der Waals surface area contributed by atoms with Gasteiger partial charge in [0.2, 0.25) is 5.88 Å². The second-order valence-electron chi connectivity index (χ2n) is 4.92. The molecule has 0 spiro atoms. The van der Waals surface area contributed by atoms with Crippen LogP contribution in [0.2, 0.25) is 0 Å². The van der Waals surface area contributed by atoms with Gasteiger partial charge in [-0.3, -0.25) is 0 Å². The summed E-state index contributed by atoms with van der Waals surface area (Å²) >= 11 is 0. The average molecular weight is 325 g/mol. The second kappa shape index (κ2) is 6.06. The van der Waals surface area contributed by atoms with Crippen LogP contribution in [0.3, 0.4) is 0 Å². The largest absolute Gasteiger partial charge is 0.492 e. The quantitative estimate of drug-likeness (QED) is 0.751. The number of halogens is 1. The fourth-order valence-corrected chi connectivity index (χ4v) is 2.41. The van der Waals surface area contributed by atoms with Crippen LogP contribution in [0.15, 0.2) is 53.7 Å². The minimum atomic E-state index is -0.0305. The van der Waals surface area contributed by atoms with Gasteiger partial charge in [-0.2, -0.15) is 4.98 Å². The Hall–Kier alpha value is -2.92. The lowest BCUT2D eigenvalue weighted by molar-refractivity contribution is 0.455.